The van der Waals surface area contributed by atoms with Crippen LogP contribution < -0.4 is 5.56 Å². The Balaban J connectivity index is 3.11. The van der Waals surface area contributed by atoms with E-state index in [-0.39, 0.29) is 21.8 Å². The summed E-state index contributed by atoms with van der Waals surface area (Å²) in [5.41, 5.74) is -0.184. The lowest BCUT2D eigenvalue weighted by atomic mass is 10.3. The van der Waals surface area contributed by atoms with Gasteiger partial charge in [0.05, 0.1) is 6.54 Å². The van der Waals surface area contributed by atoms with Crippen LogP contribution in [-0.2, 0) is 14.1 Å². The Morgan fingerprint density at radius 1 is 1.39 bits per heavy atom. The molecule has 6 nitrogen and oxygen atoms in total. The molecule has 0 amide bonds. The van der Waals surface area contributed by atoms with E-state index in [9.17, 15) is 9.90 Å². The van der Waals surface area contributed by atoms with Gasteiger partial charge in [0.25, 0.3) is 5.56 Å². The number of aromatic nitrogens is 2. The highest BCUT2D eigenvalue weighted by Gasteiger charge is 2.10. The van der Waals surface area contributed by atoms with Crippen molar-refractivity contribution in [2.24, 2.45) is 19.1 Å². The van der Waals surface area contributed by atoms with Crippen LogP contribution in [0.2, 0.25) is 0 Å². The fourth-order valence-electron chi connectivity index (χ4n) is 1.39. The van der Waals surface area contributed by atoms with Crippen LogP contribution in [0.15, 0.2) is 9.79 Å². The van der Waals surface area contributed by atoms with Crippen molar-refractivity contribution in [3.05, 3.63) is 20.7 Å². The normalized spacial score (nSPS) is 11.6. The van der Waals surface area contributed by atoms with E-state index < -0.39 is 0 Å². The molecule has 1 heterocycles. The fraction of sp³-hybridized carbons (Fsp3) is 0.545. The van der Waals surface area contributed by atoms with E-state index in [2.05, 4.69) is 4.99 Å². The van der Waals surface area contributed by atoms with Gasteiger partial charge in [0.15, 0.2) is 4.77 Å². The van der Waals surface area contributed by atoms with Gasteiger partial charge >= 0.3 is 0 Å². The Bertz CT molecular complexity index is 572. The molecule has 0 spiro atoms. The number of rotatable bonds is 4. The van der Waals surface area contributed by atoms with Crippen LogP contribution in [0.5, 0.6) is 5.88 Å². The van der Waals surface area contributed by atoms with Crippen molar-refractivity contribution in [3.63, 3.8) is 0 Å². The summed E-state index contributed by atoms with van der Waals surface area (Å²) in [7, 11) is 7.06. The summed E-state index contributed by atoms with van der Waals surface area (Å²) in [6.45, 7) is 1.34. The van der Waals surface area contributed by atoms with Crippen molar-refractivity contribution in [2.75, 3.05) is 27.2 Å². The first-order valence-corrected chi connectivity index (χ1v) is 5.90. The van der Waals surface area contributed by atoms with Gasteiger partial charge in [0.2, 0.25) is 5.88 Å². The van der Waals surface area contributed by atoms with Gasteiger partial charge in [-0.2, -0.15) is 0 Å². The molecule has 0 aliphatic heterocycles. The molecule has 1 rings (SSSR count). The summed E-state index contributed by atoms with van der Waals surface area (Å²) < 4.78 is 2.95. The van der Waals surface area contributed by atoms with Gasteiger partial charge in [-0.15, -0.1) is 0 Å². The van der Waals surface area contributed by atoms with E-state index in [1.54, 1.807) is 14.1 Å². The lowest BCUT2D eigenvalue weighted by Gasteiger charge is -2.09. The first-order chi connectivity index (χ1) is 8.36. The van der Waals surface area contributed by atoms with Crippen LogP contribution in [0.3, 0.4) is 0 Å². The highest BCUT2D eigenvalue weighted by molar-refractivity contribution is 7.71. The molecule has 0 bridgehead atoms. The molecule has 0 aliphatic rings. The molecular formula is C11H18N4O2S. The first-order valence-electron chi connectivity index (χ1n) is 5.49. The zero-order chi connectivity index (χ0) is 13.9. The largest absolute Gasteiger partial charge is 0.494 e. The summed E-state index contributed by atoms with van der Waals surface area (Å²) in [6.07, 6.45) is 1.40. The molecule has 1 aromatic heterocycles. The third-order valence-electron chi connectivity index (χ3n) is 2.56. The van der Waals surface area contributed by atoms with Gasteiger partial charge < -0.3 is 10.0 Å². The van der Waals surface area contributed by atoms with Gasteiger partial charge in [-0.25, -0.2) is 0 Å². The second kappa shape index (κ2) is 5.92. The molecule has 18 heavy (non-hydrogen) atoms. The van der Waals surface area contributed by atoms with Gasteiger partial charge in [-0.1, -0.05) is 0 Å². The average Bonchev–Trinajstić information content (AvgIpc) is 2.32. The fourth-order valence-corrected chi connectivity index (χ4v) is 1.56. The third-order valence-corrected chi connectivity index (χ3v) is 3.11. The maximum Gasteiger partial charge on any atom is 0.266 e. The predicted octanol–water partition coefficient (Wildman–Crippen LogP) is 0.139. The maximum atomic E-state index is 11.9. The first kappa shape index (κ1) is 14.6. The zero-order valence-corrected chi connectivity index (χ0v) is 11.9. The van der Waals surface area contributed by atoms with Crippen LogP contribution in [0, 0.1) is 4.77 Å². The molecule has 0 aliphatic carbocycles. The zero-order valence-electron chi connectivity index (χ0n) is 11.0. The van der Waals surface area contributed by atoms with Crippen LogP contribution >= 0.6 is 12.2 Å². The molecule has 7 heteroatoms. The van der Waals surface area contributed by atoms with Crippen molar-refractivity contribution in [3.8, 4) is 5.88 Å². The standard InChI is InChI=1S/C11H18N4O2S/c1-13(2)6-5-12-7-8-9(16)14(3)11(18)15(4)10(8)17/h7,16H,5-6H2,1-4H3. The minimum absolute atomic E-state index is 0.156. The monoisotopic (exact) mass is 270 g/mol. The van der Waals surface area contributed by atoms with E-state index in [1.807, 2.05) is 19.0 Å². The minimum Gasteiger partial charge on any atom is -0.494 e. The minimum atomic E-state index is -0.343. The quantitative estimate of drug-likeness (QED) is 0.624. The van der Waals surface area contributed by atoms with E-state index in [1.165, 1.54) is 15.3 Å². The second-order valence-corrected chi connectivity index (χ2v) is 4.65. The van der Waals surface area contributed by atoms with Crippen molar-refractivity contribution < 1.29 is 5.11 Å². The number of hydrogen-bond donors (Lipinski definition) is 1. The number of aromatic hydroxyl groups is 1. The van der Waals surface area contributed by atoms with Crippen molar-refractivity contribution in [1.82, 2.24) is 14.0 Å². The summed E-state index contributed by atoms with van der Waals surface area (Å²) in [4.78, 5) is 18.0. The molecule has 1 N–H and O–H groups in total. The summed E-state index contributed by atoms with van der Waals surface area (Å²) >= 11 is 5.01. The number of likely N-dealkylation sites (N-methyl/N-ethyl adjacent to an activating group) is 1. The molecule has 100 valence electrons. The Morgan fingerprint density at radius 3 is 2.56 bits per heavy atom. The smallest absolute Gasteiger partial charge is 0.266 e. The molecule has 1 aromatic rings. The number of nitrogens with zero attached hydrogens (tertiary/aromatic N) is 4. The molecule has 0 saturated carbocycles. The topological polar surface area (TPSA) is 62.8 Å². The van der Waals surface area contributed by atoms with Crippen LogP contribution in [0.4, 0.5) is 0 Å². The summed E-state index contributed by atoms with van der Waals surface area (Å²) in [6, 6.07) is 0. The van der Waals surface area contributed by atoms with Crippen molar-refractivity contribution in [1.29, 1.82) is 0 Å². The Hall–Kier alpha value is -1.47. The molecule has 0 aromatic carbocycles. The van der Waals surface area contributed by atoms with E-state index >= 15 is 0 Å². The SMILES string of the molecule is CN(C)CCN=Cc1c(O)n(C)c(=S)n(C)c1=O. The lowest BCUT2D eigenvalue weighted by Crippen LogP contribution is -2.25. The predicted molar refractivity (Wildman–Crippen MR) is 74.2 cm³/mol. The van der Waals surface area contributed by atoms with Crippen molar-refractivity contribution >= 4 is 18.4 Å². The summed E-state index contributed by atoms with van der Waals surface area (Å²) in [5.74, 6) is -0.156. The van der Waals surface area contributed by atoms with E-state index in [4.69, 9.17) is 12.2 Å². The van der Waals surface area contributed by atoms with Crippen LogP contribution in [0.25, 0.3) is 0 Å². The lowest BCUT2D eigenvalue weighted by molar-refractivity contribution is 0.414. The molecular weight excluding hydrogens is 252 g/mol. The third kappa shape index (κ3) is 3.05. The van der Waals surface area contributed by atoms with Gasteiger partial charge in [-0.05, 0) is 26.3 Å². The van der Waals surface area contributed by atoms with E-state index in [0.717, 1.165) is 6.54 Å². The van der Waals surface area contributed by atoms with Gasteiger partial charge in [-0.3, -0.25) is 18.9 Å². The van der Waals surface area contributed by atoms with Crippen molar-refractivity contribution in [2.45, 2.75) is 0 Å². The summed E-state index contributed by atoms with van der Waals surface area (Å²) in [5, 5.41) is 9.87. The molecule has 0 unspecified atom stereocenters. The van der Waals surface area contributed by atoms with Gasteiger partial charge in [0, 0.05) is 26.9 Å². The second-order valence-electron chi connectivity index (χ2n) is 4.28. The van der Waals surface area contributed by atoms with Crippen LogP contribution in [0.1, 0.15) is 5.56 Å². The highest BCUT2D eigenvalue weighted by Crippen LogP contribution is 2.09. The molecule has 0 fully saturated rings. The number of hydrogen-bond acceptors (Lipinski definition) is 5. The Kier molecular flexibility index (Phi) is 4.80. The van der Waals surface area contributed by atoms with Crippen LogP contribution in [-0.4, -0.2) is 52.5 Å². The maximum absolute atomic E-state index is 11.9. The highest BCUT2D eigenvalue weighted by atomic mass is 32.1. The molecule has 0 saturated heterocycles. The molecule has 0 radical (unpaired) electrons. The average molecular weight is 270 g/mol. The number of aliphatic imine (C=N–C) groups is 1. The Morgan fingerprint density at radius 2 is 2.00 bits per heavy atom. The Labute approximate surface area is 111 Å². The molecule has 0 atom stereocenters. The van der Waals surface area contributed by atoms with Gasteiger partial charge in [0.1, 0.15) is 5.56 Å². The van der Waals surface area contributed by atoms with E-state index in [0.29, 0.717) is 6.54 Å².